The second-order valence-corrected chi connectivity index (χ2v) is 6.48. The summed E-state index contributed by atoms with van der Waals surface area (Å²) in [5.41, 5.74) is 6.64. The number of ether oxygens (including phenoxy) is 2. The van der Waals surface area contributed by atoms with E-state index in [2.05, 4.69) is 32.5 Å². The van der Waals surface area contributed by atoms with Crippen LogP contribution < -0.4 is 14.9 Å². The summed E-state index contributed by atoms with van der Waals surface area (Å²) in [5, 5.41) is 4.02. The molecule has 0 radical (unpaired) electrons. The summed E-state index contributed by atoms with van der Waals surface area (Å²) in [5.74, 6) is 1.20. The summed E-state index contributed by atoms with van der Waals surface area (Å²) < 4.78 is 11.4. The summed E-state index contributed by atoms with van der Waals surface area (Å²) in [4.78, 5) is 12.0. The van der Waals surface area contributed by atoms with Gasteiger partial charge in [-0.2, -0.15) is 5.10 Å². The first kappa shape index (κ1) is 16.5. The van der Waals surface area contributed by atoms with Gasteiger partial charge in [-0.25, -0.2) is 5.43 Å². The Labute approximate surface area is 148 Å². The van der Waals surface area contributed by atoms with Gasteiger partial charge in [0, 0.05) is 10.0 Å². The van der Waals surface area contributed by atoms with E-state index in [0.29, 0.717) is 17.9 Å². The average Bonchev–Trinajstić information content (AvgIpc) is 2.97. The number of amides is 1. The van der Waals surface area contributed by atoms with Crippen LogP contribution in [0.5, 0.6) is 11.5 Å². The molecule has 0 fully saturated rings. The van der Waals surface area contributed by atoms with Gasteiger partial charge in [0.1, 0.15) is 0 Å². The molecule has 0 spiro atoms. The number of rotatable bonds is 4. The van der Waals surface area contributed by atoms with E-state index in [1.165, 1.54) is 5.56 Å². The van der Waals surface area contributed by atoms with E-state index in [1.807, 2.05) is 38.1 Å². The van der Waals surface area contributed by atoms with Crippen molar-refractivity contribution < 1.29 is 14.3 Å². The Kier molecular flexibility index (Phi) is 4.85. The van der Waals surface area contributed by atoms with Gasteiger partial charge in [0.25, 0.3) is 0 Å². The predicted molar refractivity (Wildman–Crippen MR) is 95.6 cm³/mol. The van der Waals surface area contributed by atoms with E-state index < -0.39 is 0 Å². The van der Waals surface area contributed by atoms with Crippen molar-refractivity contribution in [1.29, 1.82) is 0 Å². The molecule has 124 valence electrons. The van der Waals surface area contributed by atoms with E-state index in [0.717, 1.165) is 21.2 Å². The molecule has 1 amide bonds. The summed E-state index contributed by atoms with van der Waals surface area (Å²) >= 11 is 3.45. The van der Waals surface area contributed by atoms with Gasteiger partial charge in [-0.3, -0.25) is 4.79 Å². The number of nitrogens with zero attached hydrogens (tertiary/aromatic N) is 1. The lowest BCUT2D eigenvalue weighted by molar-refractivity contribution is -0.120. The smallest absolute Gasteiger partial charge is 0.244 e. The van der Waals surface area contributed by atoms with Gasteiger partial charge in [-0.05, 0) is 53.0 Å². The fraction of sp³-hybridized carbons (Fsp3) is 0.222. The number of hydrogen-bond acceptors (Lipinski definition) is 4. The van der Waals surface area contributed by atoms with E-state index in [-0.39, 0.29) is 12.7 Å². The number of fused-ring (bicyclic) bond motifs is 1. The molecule has 2 aromatic rings. The lowest BCUT2D eigenvalue weighted by atomic mass is 10.0. The van der Waals surface area contributed by atoms with Crippen LogP contribution in [0.1, 0.15) is 22.3 Å². The van der Waals surface area contributed by atoms with Crippen LogP contribution in [-0.4, -0.2) is 18.9 Å². The molecule has 3 rings (SSSR count). The van der Waals surface area contributed by atoms with Gasteiger partial charge < -0.3 is 9.47 Å². The van der Waals surface area contributed by atoms with Crippen LogP contribution in [0, 0.1) is 13.8 Å². The molecule has 1 heterocycles. The number of hydrogen-bond donors (Lipinski definition) is 1. The van der Waals surface area contributed by atoms with Crippen molar-refractivity contribution in [2.75, 3.05) is 6.79 Å². The average molecular weight is 389 g/mol. The predicted octanol–water partition coefficient (Wildman–Crippen LogP) is 3.49. The zero-order valence-electron chi connectivity index (χ0n) is 13.4. The largest absolute Gasteiger partial charge is 0.454 e. The molecule has 1 N–H and O–H groups in total. The monoisotopic (exact) mass is 388 g/mol. The number of carbonyl (C=O) groups is 1. The highest BCUT2D eigenvalue weighted by atomic mass is 79.9. The van der Waals surface area contributed by atoms with Gasteiger partial charge in [-0.1, -0.05) is 23.8 Å². The summed E-state index contributed by atoms with van der Waals surface area (Å²) in [6, 6.07) is 9.67. The number of aryl methyl sites for hydroxylation is 2. The first-order valence-corrected chi connectivity index (χ1v) is 8.29. The first-order valence-electron chi connectivity index (χ1n) is 7.50. The van der Waals surface area contributed by atoms with Crippen LogP contribution in [-0.2, 0) is 11.2 Å². The first-order chi connectivity index (χ1) is 11.5. The lowest BCUT2D eigenvalue weighted by Gasteiger charge is -2.06. The lowest BCUT2D eigenvalue weighted by Crippen LogP contribution is -2.20. The number of nitrogens with one attached hydrogen (secondary N) is 1. The summed E-state index contributed by atoms with van der Waals surface area (Å²) in [6.07, 6.45) is 1.87. The molecule has 0 aromatic heterocycles. The van der Waals surface area contributed by atoms with Crippen molar-refractivity contribution in [2.45, 2.75) is 20.3 Å². The van der Waals surface area contributed by atoms with Crippen LogP contribution >= 0.6 is 15.9 Å². The van der Waals surface area contributed by atoms with E-state index >= 15 is 0 Å². The van der Waals surface area contributed by atoms with Gasteiger partial charge in [-0.15, -0.1) is 0 Å². The molecule has 0 unspecified atom stereocenters. The molecule has 2 aromatic carbocycles. The van der Waals surface area contributed by atoms with Crippen molar-refractivity contribution >= 4 is 28.1 Å². The number of hydrazone groups is 1. The van der Waals surface area contributed by atoms with Crippen molar-refractivity contribution in [3.05, 3.63) is 57.1 Å². The minimum absolute atomic E-state index is 0.157. The third-order valence-corrected chi connectivity index (χ3v) is 4.42. The standard InChI is InChI=1S/C18H17BrN2O3/c1-11-3-4-13(12(2)5-11)7-18(22)21-20-9-14-6-16-17(8-15(14)19)24-10-23-16/h3-6,8-9H,7,10H2,1-2H3,(H,21,22)/b20-9+. The molecule has 0 saturated carbocycles. The Morgan fingerprint density at radius 1 is 1.25 bits per heavy atom. The summed E-state index contributed by atoms with van der Waals surface area (Å²) in [7, 11) is 0. The second-order valence-electron chi connectivity index (χ2n) is 5.63. The van der Waals surface area contributed by atoms with Crippen LogP contribution in [0.2, 0.25) is 0 Å². The molecule has 5 nitrogen and oxygen atoms in total. The molecule has 0 saturated heterocycles. The number of carbonyl (C=O) groups excluding carboxylic acids is 1. The molecule has 0 aliphatic carbocycles. The van der Waals surface area contributed by atoms with Gasteiger partial charge in [0.05, 0.1) is 12.6 Å². The molecule has 6 heteroatoms. The Balaban J connectivity index is 1.63. The van der Waals surface area contributed by atoms with Crippen molar-refractivity contribution in [2.24, 2.45) is 5.10 Å². The molecule has 1 aliphatic rings. The highest BCUT2D eigenvalue weighted by Gasteiger charge is 2.15. The van der Waals surface area contributed by atoms with Gasteiger partial charge >= 0.3 is 0 Å². The zero-order valence-corrected chi connectivity index (χ0v) is 15.0. The Bertz CT molecular complexity index is 818. The van der Waals surface area contributed by atoms with E-state index in [1.54, 1.807) is 6.21 Å². The molecule has 24 heavy (non-hydrogen) atoms. The molecule has 0 bridgehead atoms. The van der Waals surface area contributed by atoms with Crippen LogP contribution in [0.25, 0.3) is 0 Å². The highest BCUT2D eigenvalue weighted by Crippen LogP contribution is 2.36. The van der Waals surface area contributed by atoms with E-state index in [9.17, 15) is 4.79 Å². The quantitative estimate of drug-likeness (QED) is 0.644. The van der Waals surface area contributed by atoms with Gasteiger partial charge in [0.15, 0.2) is 11.5 Å². The van der Waals surface area contributed by atoms with Crippen LogP contribution in [0.3, 0.4) is 0 Å². The minimum Gasteiger partial charge on any atom is -0.454 e. The minimum atomic E-state index is -0.157. The summed E-state index contributed by atoms with van der Waals surface area (Å²) in [6.45, 7) is 4.25. The maximum absolute atomic E-state index is 12.0. The second kappa shape index (κ2) is 7.05. The Morgan fingerprint density at radius 3 is 2.75 bits per heavy atom. The fourth-order valence-corrected chi connectivity index (χ4v) is 2.89. The van der Waals surface area contributed by atoms with Crippen LogP contribution in [0.4, 0.5) is 0 Å². The van der Waals surface area contributed by atoms with Crippen molar-refractivity contribution in [3.63, 3.8) is 0 Å². The maximum Gasteiger partial charge on any atom is 0.244 e. The Morgan fingerprint density at radius 2 is 2.00 bits per heavy atom. The fourth-order valence-electron chi connectivity index (χ4n) is 2.46. The molecule has 1 aliphatic heterocycles. The SMILES string of the molecule is Cc1ccc(CC(=O)N/N=C/c2cc3c(cc2Br)OCO3)c(C)c1. The molecular formula is C18H17BrN2O3. The maximum atomic E-state index is 12.0. The van der Waals surface area contributed by atoms with Crippen molar-refractivity contribution in [3.8, 4) is 11.5 Å². The highest BCUT2D eigenvalue weighted by molar-refractivity contribution is 9.10. The molecular weight excluding hydrogens is 372 g/mol. The zero-order chi connectivity index (χ0) is 17.1. The normalized spacial score (nSPS) is 12.6. The third kappa shape index (κ3) is 3.76. The van der Waals surface area contributed by atoms with E-state index in [4.69, 9.17) is 9.47 Å². The Hall–Kier alpha value is -2.34. The van der Waals surface area contributed by atoms with Crippen LogP contribution in [0.15, 0.2) is 39.9 Å². The number of benzene rings is 2. The van der Waals surface area contributed by atoms with Crippen molar-refractivity contribution in [1.82, 2.24) is 5.43 Å². The van der Waals surface area contributed by atoms with Gasteiger partial charge in [0.2, 0.25) is 12.7 Å². The molecule has 0 atom stereocenters. The number of halogens is 1. The topological polar surface area (TPSA) is 59.9 Å². The third-order valence-electron chi connectivity index (χ3n) is 3.73.